The lowest BCUT2D eigenvalue weighted by molar-refractivity contribution is -0.384. The topological polar surface area (TPSA) is 119 Å². The number of amides is 1. The number of ether oxygens (including phenoxy) is 1. The summed E-state index contributed by atoms with van der Waals surface area (Å²) in [5.41, 5.74) is 0.555. The van der Waals surface area contributed by atoms with Gasteiger partial charge in [-0.25, -0.2) is 8.42 Å². The first-order valence-electron chi connectivity index (χ1n) is 7.93. The molecule has 11 heteroatoms. The minimum Gasteiger partial charge on any atom is -0.495 e. The van der Waals surface area contributed by atoms with Gasteiger partial charge in [-0.1, -0.05) is 23.7 Å². The smallest absolute Gasteiger partial charge is 0.269 e. The summed E-state index contributed by atoms with van der Waals surface area (Å²) >= 11 is 5.90. The molecule has 0 fully saturated rings. The zero-order chi connectivity index (χ0) is 20.9. The molecule has 0 atom stereocenters. The molecule has 2 aromatic rings. The maximum Gasteiger partial charge on any atom is 0.269 e. The van der Waals surface area contributed by atoms with Gasteiger partial charge in [-0.05, 0) is 23.8 Å². The number of rotatable bonds is 8. The predicted octanol–water partition coefficient (Wildman–Crippen LogP) is 2.66. The molecule has 0 saturated heterocycles. The van der Waals surface area contributed by atoms with E-state index in [4.69, 9.17) is 16.3 Å². The molecule has 150 valence electrons. The Balaban J connectivity index is 2.04. The van der Waals surface area contributed by atoms with Crippen molar-refractivity contribution in [2.45, 2.75) is 5.75 Å². The Kier molecular flexibility index (Phi) is 6.95. The van der Waals surface area contributed by atoms with Crippen LogP contribution in [0.25, 0.3) is 0 Å². The second kappa shape index (κ2) is 9.00. The standard InChI is InChI=1S/C17H18ClN3O6S/c1-20(10-17(22)19-15-9-13(18)5-8-16(15)27-2)28(25,26)11-12-3-6-14(7-4-12)21(23)24/h3-9H,10-11H2,1-2H3,(H,19,22). The monoisotopic (exact) mass is 427 g/mol. The lowest BCUT2D eigenvalue weighted by Gasteiger charge is -2.17. The summed E-state index contributed by atoms with van der Waals surface area (Å²) in [6.07, 6.45) is 0. The number of hydrogen-bond acceptors (Lipinski definition) is 6. The summed E-state index contributed by atoms with van der Waals surface area (Å²) in [4.78, 5) is 22.3. The first kappa shape index (κ1) is 21.6. The van der Waals surface area contributed by atoms with Gasteiger partial charge in [0, 0.05) is 24.2 Å². The molecule has 1 amide bonds. The molecule has 0 unspecified atom stereocenters. The van der Waals surface area contributed by atoms with Crippen molar-refractivity contribution in [3.8, 4) is 5.75 Å². The third-order valence-corrected chi connectivity index (χ3v) is 5.79. The minimum absolute atomic E-state index is 0.135. The van der Waals surface area contributed by atoms with Crippen molar-refractivity contribution >= 4 is 38.9 Å². The van der Waals surface area contributed by atoms with Crippen molar-refractivity contribution in [2.75, 3.05) is 26.0 Å². The number of methoxy groups -OCH3 is 1. The van der Waals surface area contributed by atoms with Crippen molar-refractivity contribution < 1.29 is 22.9 Å². The predicted molar refractivity (Wildman–Crippen MR) is 105 cm³/mol. The highest BCUT2D eigenvalue weighted by Gasteiger charge is 2.22. The summed E-state index contributed by atoms with van der Waals surface area (Å²) in [5.74, 6) is -0.584. The average Bonchev–Trinajstić information content (AvgIpc) is 2.62. The molecular weight excluding hydrogens is 410 g/mol. The number of sulfonamides is 1. The number of carbonyl (C=O) groups excluding carboxylic acids is 1. The van der Waals surface area contributed by atoms with Crippen LogP contribution in [0.5, 0.6) is 5.75 Å². The van der Waals surface area contributed by atoms with Crippen molar-refractivity contribution in [1.29, 1.82) is 0 Å². The number of nitrogens with one attached hydrogen (secondary N) is 1. The van der Waals surface area contributed by atoms with Crippen LogP contribution in [0.15, 0.2) is 42.5 Å². The van der Waals surface area contributed by atoms with Gasteiger partial charge >= 0.3 is 0 Å². The molecule has 2 aromatic carbocycles. The Morgan fingerprint density at radius 2 is 1.89 bits per heavy atom. The Hall–Kier alpha value is -2.69. The fraction of sp³-hybridized carbons (Fsp3) is 0.235. The second-order valence-electron chi connectivity index (χ2n) is 5.83. The van der Waals surface area contributed by atoms with Gasteiger partial charge in [-0.2, -0.15) is 4.31 Å². The summed E-state index contributed by atoms with van der Waals surface area (Å²) < 4.78 is 30.9. The molecular formula is C17H18ClN3O6S. The molecule has 1 N–H and O–H groups in total. The van der Waals surface area contributed by atoms with E-state index in [2.05, 4.69) is 5.32 Å². The van der Waals surface area contributed by atoms with Crippen LogP contribution in [0.1, 0.15) is 5.56 Å². The van der Waals surface area contributed by atoms with E-state index >= 15 is 0 Å². The maximum absolute atomic E-state index is 12.5. The highest BCUT2D eigenvalue weighted by atomic mass is 35.5. The van der Waals surface area contributed by atoms with E-state index in [0.717, 1.165) is 4.31 Å². The van der Waals surface area contributed by atoms with Gasteiger partial charge in [-0.15, -0.1) is 0 Å². The number of nitrogens with zero attached hydrogens (tertiary/aromatic N) is 2. The fourth-order valence-corrected chi connectivity index (χ4v) is 3.62. The second-order valence-corrected chi connectivity index (χ2v) is 8.34. The summed E-state index contributed by atoms with van der Waals surface area (Å²) in [6, 6.07) is 9.83. The van der Waals surface area contributed by atoms with Gasteiger partial charge in [0.05, 0.1) is 30.0 Å². The van der Waals surface area contributed by atoms with E-state index in [1.165, 1.54) is 44.5 Å². The first-order chi connectivity index (χ1) is 13.1. The van der Waals surface area contributed by atoms with Crippen molar-refractivity contribution in [1.82, 2.24) is 4.31 Å². The third kappa shape index (κ3) is 5.65. The van der Waals surface area contributed by atoms with Crippen LogP contribution in [-0.4, -0.2) is 44.3 Å². The fourth-order valence-electron chi connectivity index (χ4n) is 2.30. The normalized spacial score (nSPS) is 11.3. The Labute approximate surface area is 167 Å². The number of likely N-dealkylation sites (N-methyl/N-ethyl adjacent to an activating group) is 1. The molecule has 0 heterocycles. The van der Waals surface area contributed by atoms with Gasteiger partial charge in [-0.3, -0.25) is 14.9 Å². The van der Waals surface area contributed by atoms with Crippen molar-refractivity contribution in [3.05, 3.63) is 63.2 Å². The number of halogens is 1. The highest BCUT2D eigenvalue weighted by molar-refractivity contribution is 7.88. The highest BCUT2D eigenvalue weighted by Crippen LogP contribution is 2.27. The lowest BCUT2D eigenvalue weighted by Crippen LogP contribution is -2.35. The molecule has 28 heavy (non-hydrogen) atoms. The van der Waals surface area contributed by atoms with Crippen LogP contribution < -0.4 is 10.1 Å². The van der Waals surface area contributed by atoms with Crippen LogP contribution in [0.3, 0.4) is 0 Å². The number of nitro benzene ring substituents is 1. The van der Waals surface area contributed by atoms with Crippen LogP contribution in [-0.2, 0) is 20.6 Å². The molecule has 0 radical (unpaired) electrons. The average molecular weight is 428 g/mol. The number of non-ortho nitro benzene ring substituents is 1. The van der Waals surface area contributed by atoms with Gasteiger partial charge < -0.3 is 10.1 Å². The van der Waals surface area contributed by atoms with E-state index in [1.807, 2.05) is 0 Å². The number of carbonyl (C=O) groups is 1. The molecule has 0 bridgehead atoms. The number of hydrogen-bond donors (Lipinski definition) is 1. The Morgan fingerprint density at radius 1 is 1.25 bits per heavy atom. The number of anilines is 1. The van der Waals surface area contributed by atoms with Crippen LogP contribution in [0.2, 0.25) is 5.02 Å². The molecule has 0 saturated carbocycles. The van der Waals surface area contributed by atoms with E-state index < -0.39 is 33.2 Å². The van der Waals surface area contributed by atoms with Gasteiger partial charge in [0.15, 0.2) is 0 Å². The van der Waals surface area contributed by atoms with Crippen molar-refractivity contribution in [3.63, 3.8) is 0 Å². The first-order valence-corrected chi connectivity index (χ1v) is 9.92. The van der Waals surface area contributed by atoms with Crippen LogP contribution in [0, 0.1) is 10.1 Å². The van der Waals surface area contributed by atoms with E-state index in [9.17, 15) is 23.3 Å². The zero-order valence-electron chi connectivity index (χ0n) is 15.1. The number of benzene rings is 2. The molecule has 0 aliphatic carbocycles. The summed E-state index contributed by atoms with van der Waals surface area (Å²) in [5, 5.41) is 13.6. The van der Waals surface area contributed by atoms with E-state index in [-0.39, 0.29) is 5.69 Å². The van der Waals surface area contributed by atoms with Crippen LogP contribution >= 0.6 is 11.6 Å². The summed E-state index contributed by atoms with van der Waals surface area (Å²) in [6.45, 7) is -0.426. The van der Waals surface area contributed by atoms with E-state index in [1.54, 1.807) is 12.1 Å². The lowest BCUT2D eigenvalue weighted by atomic mass is 10.2. The Morgan fingerprint density at radius 3 is 2.46 bits per heavy atom. The van der Waals surface area contributed by atoms with Crippen molar-refractivity contribution in [2.24, 2.45) is 0 Å². The molecule has 0 aromatic heterocycles. The molecule has 2 rings (SSSR count). The van der Waals surface area contributed by atoms with Crippen LogP contribution in [0.4, 0.5) is 11.4 Å². The Bertz CT molecular complexity index is 979. The summed E-state index contributed by atoms with van der Waals surface area (Å²) in [7, 11) is -1.11. The third-order valence-electron chi connectivity index (χ3n) is 3.77. The quantitative estimate of drug-likeness (QED) is 0.511. The number of nitro groups is 1. The molecule has 0 aliphatic heterocycles. The van der Waals surface area contributed by atoms with E-state index in [0.29, 0.717) is 22.0 Å². The maximum atomic E-state index is 12.5. The zero-order valence-corrected chi connectivity index (χ0v) is 16.7. The van der Waals surface area contributed by atoms with Gasteiger partial charge in [0.2, 0.25) is 15.9 Å². The SMILES string of the molecule is COc1ccc(Cl)cc1NC(=O)CN(C)S(=O)(=O)Cc1ccc([N+](=O)[O-])cc1. The largest absolute Gasteiger partial charge is 0.495 e. The van der Waals surface area contributed by atoms with Gasteiger partial charge in [0.25, 0.3) is 5.69 Å². The van der Waals surface area contributed by atoms with Gasteiger partial charge in [0.1, 0.15) is 5.75 Å². The molecule has 0 aliphatic rings. The molecule has 9 nitrogen and oxygen atoms in total. The minimum atomic E-state index is -3.81. The molecule has 0 spiro atoms.